The minimum Gasteiger partial charge on any atom is -0.394 e. The lowest BCUT2D eigenvalue weighted by Crippen LogP contribution is -2.48. The molecule has 0 radical (unpaired) electrons. The fourth-order valence-electron chi connectivity index (χ4n) is 1.67. The van der Waals surface area contributed by atoms with Gasteiger partial charge in [-0.3, -0.25) is 0 Å². The molecule has 0 aliphatic carbocycles. The van der Waals surface area contributed by atoms with Gasteiger partial charge in [0.2, 0.25) is 0 Å². The van der Waals surface area contributed by atoms with Gasteiger partial charge >= 0.3 is 0 Å². The van der Waals surface area contributed by atoms with E-state index in [2.05, 4.69) is 19.2 Å². The van der Waals surface area contributed by atoms with Gasteiger partial charge in [0, 0.05) is 18.8 Å². The summed E-state index contributed by atoms with van der Waals surface area (Å²) >= 11 is 0. The van der Waals surface area contributed by atoms with Crippen LogP contribution in [-0.2, 0) is 4.74 Å². The monoisotopic (exact) mass is 203 g/mol. The van der Waals surface area contributed by atoms with E-state index >= 15 is 0 Å². The van der Waals surface area contributed by atoms with Gasteiger partial charge in [0.15, 0.2) is 0 Å². The molecule has 0 aliphatic heterocycles. The molecule has 2 N–H and O–H groups in total. The number of rotatable bonds is 9. The summed E-state index contributed by atoms with van der Waals surface area (Å²) in [7, 11) is 0. The summed E-state index contributed by atoms with van der Waals surface area (Å²) in [5.41, 5.74) is -0.0914. The molecular formula is C11H25NO2. The van der Waals surface area contributed by atoms with Gasteiger partial charge in [-0.2, -0.15) is 0 Å². The second-order valence-corrected chi connectivity index (χ2v) is 3.62. The Morgan fingerprint density at radius 2 is 2.00 bits per heavy atom. The predicted molar refractivity (Wildman–Crippen MR) is 59.5 cm³/mol. The van der Waals surface area contributed by atoms with Gasteiger partial charge in [-0.15, -0.1) is 0 Å². The molecule has 0 rings (SSSR count). The van der Waals surface area contributed by atoms with Crippen molar-refractivity contribution < 1.29 is 9.84 Å². The Balaban J connectivity index is 3.82. The second-order valence-electron chi connectivity index (χ2n) is 3.62. The van der Waals surface area contributed by atoms with Crippen molar-refractivity contribution in [2.45, 2.75) is 45.6 Å². The molecule has 0 amide bonds. The van der Waals surface area contributed by atoms with Gasteiger partial charge in [-0.25, -0.2) is 0 Å². The van der Waals surface area contributed by atoms with E-state index in [9.17, 15) is 5.11 Å². The molecule has 1 atom stereocenters. The molecule has 0 heterocycles. The summed E-state index contributed by atoms with van der Waals surface area (Å²) < 4.78 is 5.29. The summed E-state index contributed by atoms with van der Waals surface area (Å²) in [6.45, 7) is 8.88. The smallest absolute Gasteiger partial charge is 0.0613 e. The third-order valence-electron chi connectivity index (χ3n) is 2.68. The van der Waals surface area contributed by atoms with Crippen molar-refractivity contribution >= 4 is 0 Å². The Morgan fingerprint density at radius 1 is 1.29 bits per heavy atom. The molecule has 0 aromatic heterocycles. The zero-order valence-electron chi connectivity index (χ0n) is 9.81. The number of likely N-dealkylation sites (N-methyl/N-ethyl adjacent to an activating group) is 1. The standard InChI is InChI=1S/C11H25NO2/c1-4-11(10-13,12-5-2)8-7-9-14-6-3/h12-13H,4-10H2,1-3H3. The Bertz CT molecular complexity index is 124. The van der Waals surface area contributed by atoms with Crippen molar-refractivity contribution in [1.82, 2.24) is 5.32 Å². The molecule has 0 saturated heterocycles. The first-order chi connectivity index (χ1) is 6.74. The first kappa shape index (κ1) is 13.9. The van der Waals surface area contributed by atoms with Gasteiger partial charge in [0.05, 0.1) is 6.61 Å². The minimum absolute atomic E-state index is 0.0914. The van der Waals surface area contributed by atoms with E-state index in [1.54, 1.807) is 0 Å². The highest BCUT2D eigenvalue weighted by atomic mass is 16.5. The second kappa shape index (κ2) is 8.21. The summed E-state index contributed by atoms with van der Waals surface area (Å²) in [6.07, 6.45) is 2.95. The molecule has 3 heteroatoms. The molecule has 0 bridgehead atoms. The molecule has 1 unspecified atom stereocenters. The third-order valence-corrected chi connectivity index (χ3v) is 2.68. The van der Waals surface area contributed by atoms with Crippen LogP contribution in [0.4, 0.5) is 0 Å². The maximum Gasteiger partial charge on any atom is 0.0613 e. The van der Waals surface area contributed by atoms with Crippen molar-refractivity contribution in [3.8, 4) is 0 Å². The van der Waals surface area contributed by atoms with Gasteiger partial charge in [-0.05, 0) is 32.7 Å². The Morgan fingerprint density at radius 3 is 2.43 bits per heavy atom. The lowest BCUT2D eigenvalue weighted by Gasteiger charge is -2.31. The van der Waals surface area contributed by atoms with Crippen LogP contribution in [0.3, 0.4) is 0 Å². The van der Waals surface area contributed by atoms with Crippen molar-refractivity contribution in [3.05, 3.63) is 0 Å². The number of nitrogens with one attached hydrogen (secondary N) is 1. The number of hydrogen-bond acceptors (Lipinski definition) is 3. The average Bonchev–Trinajstić information content (AvgIpc) is 2.23. The molecule has 3 nitrogen and oxygen atoms in total. The largest absolute Gasteiger partial charge is 0.394 e. The normalized spacial score (nSPS) is 15.4. The van der Waals surface area contributed by atoms with Crippen LogP contribution in [0.2, 0.25) is 0 Å². The van der Waals surface area contributed by atoms with Crippen LogP contribution in [-0.4, -0.2) is 37.0 Å². The van der Waals surface area contributed by atoms with E-state index in [4.69, 9.17) is 4.74 Å². The molecule has 0 aliphatic rings. The molecule has 0 saturated carbocycles. The third kappa shape index (κ3) is 4.94. The van der Waals surface area contributed by atoms with E-state index in [0.717, 1.165) is 39.0 Å². The molecular weight excluding hydrogens is 178 g/mol. The zero-order chi connectivity index (χ0) is 10.9. The number of ether oxygens (including phenoxy) is 1. The first-order valence-corrected chi connectivity index (χ1v) is 5.68. The summed E-state index contributed by atoms with van der Waals surface area (Å²) in [5.74, 6) is 0. The first-order valence-electron chi connectivity index (χ1n) is 5.68. The maximum absolute atomic E-state index is 9.36. The van der Waals surface area contributed by atoms with Crippen LogP contribution in [0.15, 0.2) is 0 Å². The van der Waals surface area contributed by atoms with E-state index in [1.807, 2.05) is 6.92 Å². The van der Waals surface area contributed by atoms with Crippen molar-refractivity contribution in [2.24, 2.45) is 0 Å². The van der Waals surface area contributed by atoms with Crippen molar-refractivity contribution in [1.29, 1.82) is 0 Å². The number of hydrogen-bond donors (Lipinski definition) is 2. The van der Waals surface area contributed by atoms with Crippen molar-refractivity contribution in [2.75, 3.05) is 26.4 Å². The van der Waals surface area contributed by atoms with E-state index < -0.39 is 0 Å². The molecule has 14 heavy (non-hydrogen) atoms. The highest BCUT2D eigenvalue weighted by Gasteiger charge is 2.24. The van der Waals surface area contributed by atoms with Gasteiger partial charge in [0.1, 0.15) is 0 Å². The minimum atomic E-state index is -0.0914. The van der Waals surface area contributed by atoms with Crippen LogP contribution in [0.25, 0.3) is 0 Å². The average molecular weight is 203 g/mol. The van der Waals surface area contributed by atoms with Crippen LogP contribution in [0, 0.1) is 0 Å². The fourth-order valence-corrected chi connectivity index (χ4v) is 1.67. The van der Waals surface area contributed by atoms with Gasteiger partial charge in [-0.1, -0.05) is 13.8 Å². The molecule has 0 aromatic carbocycles. The summed E-state index contributed by atoms with van der Waals surface area (Å²) in [4.78, 5) is 0. The highest BCUT2D eigenvalue weighted by Crippen LogP contribution is 2.16. The topological polar surface area (TPSA) is 41.5 Å². The summed E-state index contributed by atoms with van der Waals surface area (Å²) in [5, 5.41) is 12.7. The van der Waals surface area contributed by atoms with Crippen LogP contribution in [0.1, 0.15) is 40.0 Å². The fraction of sp³-hybridized carbons (Fsp3) is 1.00. The SMILES string of the molecule is CCNC(CC)(CO)CCCOCC. The lowest BCUT2D eigenvalue weighted by molar-refractivity contribution is 0.110. The number of aliphatic hydroxyl groups is 1. The molecule has 86 valence electrons. The van der Waals surface area contributed by atoms with Crippen LogP contribution < -0.4 is 5.32 Å². The maximum atomic E-state index is 9.36. The molecule has 0 fully saturated rings. The zero-order valence-corrected chi connectivity index (χ0v) is 9.81. The van der Waals surface area contributed by atoms with Crippen molar-refractivity contribution in [3.63, 3.8) is 0 Å². The van der Waals surface area contributed by atoms with Gasteiger partial charge < -0.3 is 15.2 Å². The quantitative estimate of drug-likeness (QED) is 0.559. The van der Waals surface area contributed by atoms with Crippen LogP contribution in [0.5, 0.6) is 0 Å². The lowest BCUT2D eigenvalue weighted by atomic mass is 9.91. The molecule has 0 spiro atoms. The predicted octanol–water partition coefficient (Wildman–Crippen LogP) is 1.55. The summed E-state index contributed by atoms with van der Waals surface area (Å²) in [6, 6.07) is 0. The van der Waals surface area contributed by atoms with Crippen LogP contribution >= 0.6 is 0 Å². The van der Waals surface area contributed by atoms with E-state index in [0.29, 0.717) is 0 Å². The molecule has 0 aromatic rings. The number of aliphatic hydroxyl groups excluding tert-OH is 1. The Kier molecular flexibility index (Phi) is 8.14. The van der Waals surface area contributed by atoms with E-state index in [-0.39, 0.29) is 12.1 Å². The van der Waals surface area contributed by atoms with Gasteiger partial charge in [0.25, 0.3) is 0 Å². The van der Waals surface area contributed by atoms with E-state index in [1.165, 1.54) is 0 Å². The highest BCUT2D eigenvalue weighted by molar-refractivity contribution is 4.85. The Hall–Kier alpha value is -0.120. The Labute approximate surface area is 87.8 Å².